The van der Waals surface area contributed by atoms with Gasteiger partial charge in [-0.05, 0) is 80.1 Å². The molecule has 2 aromatic carbocycles. The van der Waals surface area contributed by atoms with E-state index < -0.39 is 19.5 Å². The number of nitrogens with zero attached hydrogens (tertiary/aromatic N) is 5. The van der Waals surface area contributed by atoms with Crippen molar-refractivity contribution in [1.82, 2.24) is 19.9 Å². The molecule has 288 valence electrons. The first-order valence-electron chi connectivity index (χ1n) is 19.0. The first-order chi connectivity index (χ1) is 25.6. The molecule has 2 bridgehead atoms. The van der Waals surface area contributed by atoms with E-state index in [1.54, 1.807) is 13.3 Å². The minimum Gasteiger partial charge on any atom is -0.468 e. The van der Waals surface area contributed by atoms with Gasteiger partial charge >= 0.3 is 6.09 Å². The number of hydrogen-bond donors (Lipinski definition) is 0. The van der Waals surface area contributed by atoms with Crippen LogP contribution in [0.1, 0.15) is 80.7 Å². The first kappa shape index (κ1) is 39.8. The summed E-state index contributed by atoms with van der Waals surface area (Å²) in [6, 6.07) is 9.70. The number of anilines is 1. The van der Waals surface area contributed by atoms with Crippen LogP contribution in [0.5, 0.6) is 5.75 Å². The van der Waals surface area contributed by atoms with Gasteiger partial charge in [-0.2, -0.15) is 0 Å². The number of halogens is 1. The molecule has 2 aliphatic rings. The fraction of sp³-hybridized carbons (Fsp3) is 0.524. The number of thioether (sulfide) groups is 1. The number of benzene rings is 2. The van der Waals surface area contributed by atoms with Crippen LogP contribution in [-0.4, -0.2) is 85.0 Å². The lowest BCUT2D eigenvalue weighted by Crippen LogP contribution is -2.57. The van der Waals surface area contributed by atoms with Crippen molar-refractivity contribution in [3.63, 3.8) is 0 Å². The zero-order valence-electron chi connectivity index (χ0n) is 33.5. The van der Waals surface area contributed by atoms with Crippen molar-refractivity contribution in [1.29, 1.82) is 0 Å². The van der Waals surface area contributed by atoms with Gasteiger partial charge in [0.2, 0.25) is 0 Å². The highest BCUT2D eigenvalue weighted by Gasteiger charge is 2.45. The smallest absolute Gasteiger partial charge is 0.410 e. The second-order valence-electron chi connectivity index (χ2n) is 16.5. The molecular weight excluding hydrogens is 718 g/mol. The van der Waals surface area contributed by atoms with Crippen molar-refractivity contribution in [3.05, 3.63) is 47.9 Å². The SMILES string of the molecule is COCOc1cc(-c2ncc3c(N4CC5CCC(C4)N5C(=O)OC(C)(C)C)nc(SC)nc3c2F)c2c(C#C[Si](C(C)C)(C(C)C)C(C)C)cccc2c1. The Labute approximate surface area is 324 Å². The highest BCUT2D eigenvalue weighted by atomic mass is 32.2. The van der Waals surface area contributed by atoms with Crippen molar-refractivity contribution < 1.29 is 23.4 Å². The van der Waals surface area contributed by atoms with Gasteiger partial charge in [-0.15, -0.1) is 5.54 Å². The average Bonchev–Trinajstić information content (AvgIpc) is 3.38. The summed E-state index contributed by atoms with van der Waals surface area (Å²) in [6.45, 7) is 20.6. The summed E-state index contributed by atoms with van der Waals surface area (Å²) >= 11 is 1.36. The number of methoxy groups -OCH3 is 1. The summed E-state index contributed by atoms with van der Waals surface area (Å²) in [5.74, 6) is 4.25. The molecule has 12 heteroatoms. The Morgan fingerprint density at radius 3 is 2.30 bits per heavy atom. The fourth-order valence-electron chi connectivity index (χ4n) is 8.74. The molecule has 4 heterocycles. The van der Waals surface area contributed by atoms with Crippen LogP contribution in [0.15, 0.2) is 41.7 Å². The number of carbonyl (C=O) groups excluding carboxylic acids is 1. The molecule has 0 spiro atoms. The van der Waals surface area contributed by atoms with Gasteiger partial charge in [0, 0.05) is 42.9 Å². The van der Waals surface area contributed by atoms with Crippen molar-refractivity contribution in [2.45, 2.75) is 115 Å². The maximum absolute atomic E-state index is 17.3. The zero-order chi connectivity index (χ0) is 39.1. The monoisotopic (exact) mass is 771 g/mol. The molecule has 2 aromatic heterocycles. The van der Waals surface area contributed by atoms with Crippen LogP contribution in [0, 0.1) is 17.3 Å². The quantitative estimate of drug-likeness (QED) is 0.0543. The Hall–Kier alpha value is -3.92. The van der Waals surface area contributed by atoms with Crippen molar-refractivity contribution in [2.75, 3.05) is 38.1 Å². The van der Waals surface area contributed by atoms with Gasteiger partial charge in [-0.25, -0.2) is 19.2 Å². The largest absolute Gasteiger partial charge is 0.468 e. The highest BCUT2D eigenvalue weighted by molar-refractivity contribution is 7.98. The third-order valence-electron chi connectivity index (χ3n) is 11.0. The van der Waals surface area contributed by atoms with E-state index in [-0.39, 0.29) is 36.2 Å². The number of aromatic nitrogens is 3. The summed E-state index contributed by atoms with van der Waals surface area (Å²) in [4.78, 5) is 31.7. The maximum atomic E-state index is 17.3. The summed E-state index contributed by atoms with van der Waals surface area (Å²) in [7, 11) is -0.508. The number of ether oxygens (including phenoxy) is 3. The van der Waals surface area contributed by atoms with Crippen LogP contribution < -0.4 is 9.64 Å². The maximum Gasteiger partial charge on any atom is 0.410 e. The molecule has 2 saturated heterocycles. The number of piperazine rings is 1. The van der Waals surface area contributed by atoms with Gasteiger partial charge in [0.05, 0.1) is 17.5 Å². The second kappa shape index (κ2) is 15.7. The van der Waals surface area contributed by atoms with Crippen molar-refractivity contribution >= 4 is 53.4 Å². The van der Waals surface area contributed by atoms with Crippen LogP contribution in [0.25, 0.3) is 32.9 Å². The Morgan fingerprint density at radius 2 is 1.70 bits per heavy atom. The third-order valence-corrected chi connectivity index (χ3v) is 17.9. The lowest BCUT2D eigenvalue weighted by molar-refractivity contribution is 0.0122. The second-order valence-corrected chi connectivity index (χ2v) is 22.8. The lowest BCUT2D eigenvalue weighted by atomic mass is 9.96. The Bertz CT molecular complexity index is 2070. The van der Waals surface area contributed by atoms with E-state index in [9.17, 15) is 4.79 Å². The minimum atomic E-state index is -2.08. The van der Waals surface area contributed by atoms with Gasteiger partial charge in [0.15, 0.2) is 17.8 Å². The average molecular weight is 772 g/mol. The molecule has 0 radical (unpaired) electrons. The van der Waals surface area contributed by atoms with E-state index in [0.29, 0.717) is 57.4 Å². The number of rotatable bonds is 9. The van der Waals surface area contributed by atoms with Gasteiger partial charge < -0.3 is 19.1 Å². The first-order valence-corrected chi connectivity index (χ1v) is 22.4. The Kier molecular flexibility index (Phi) is 11.5. The predicted octanol–water partition coefficient (Wildman–Crippen LogP) is 9.85. The molecule has 54 heavy (non-hydrogen) atoms. The number of amides is 1. The fourth-order valence-corrected chi connectivity index (χ4v) is 14.3. The molecule has 2 aliphatic heterocycles. The number of fused-ring (bicyclic) bond motifs is 4. The summed E-state index contributed by atoms with van der Waals surface area (Å²) in [5.41, 5.74) is 6.43. The van der Waals surface area contributed by atoms with Crippen LogP contribution >= 0.6 is 11.8 Å². The van der Waals surface area contributed by atoms with Gasteiger partial charge in [0.25, 0.3) is 0 Å². The third kappa shape index (κ3) is 7.51. The Morgan fingerprint density at radius 1 is 1.04 bits per heavy atom. The standard InChI is InChI=1S/C42H54FN5O4SSi/c1-25(2)54(26(3)4,27(5)6)18-17-28-13-12-14-29-19-32(51-24-50-10)20-33(35(28)29)37-36(43)38-34(21-44-37)39(46-40(45-38)53-11)47-22-30-15-16-31(23-47)48(30)41(49)52-42(7,8)9/h12-14,19-21,25-27,30-31H,15-16,22-24H2,1-11H3. The minimum absolute atomic E-state index is 0.0388. The normalized spacial score (nSPS) is 17.5. The van der Waals surface area contributed by atoms with Crippen LogP contribution in [-0.2, 0) is 9.47 Å². The molecule has 0 N–H and O–H groups in total. The Balaban J connectivity index is 1.50. The topological polar surface area (TPSA) is 89.9 Å². The molecule has 6 rings (SSSR count). The molecular formula is C42H54FN5O4SSi. The van der Waals surface area contributed by atoms with Gasteiger partial charge in [0.1, 0.15) is 36.5 Å². The highest BCUT2D eigenvalue weighted by Crippen LogP contribution is 2.43. The van der Waals surface area contributed by atoms with Gasteiger partial charge in [-0.1, -0.05) is 71.4 Å². The molecule has 0 aliphatic carbocycles. The van der Waals surface area contributed by atoms with Crippen molar-refractivity contribution in [2.24, 2.45) is 0 Å². The number of carbonyl (C=O) groups is 1. The van der Waals surface area contributed by atoms with Crippen molar-refractivity contribution in [3.8, 4) is 28.5 Å². The molecule has 9 nitrogen and oxygen atoms in total. The van der Waals surface area contributed by atoms with E-state index in [4.69, 9.17) is 29.2 Å². The molecule has 2 fully saturated rings. The summed E-state index contributed by atoms with van der Waals surface area (Å²) < 4.78 is 34.2. The molecule has 4 aromatic rings. The number of pyridine rings is 1. The number of hydrogen-bond acceptors (Lipinski definition) is 9. The summed E-state index contributed by atoms with van der Waals surface area (Å²) in [6.07, 6.45) is 5.02. The van der Waals surface area contributed by atoms with E-state index >= 15 is 4.39 Å². The van der Waals surface area contributed by atoms with Crippen LogP contribution in [0.4, 0.5) is 15.0 Å². The zero-order valence-corrected chi connectivity index (χ0v) is 35.4. The molecule has 0 saturated carbocycles. The van der Waals surface area contributed by atoms with Gasteiger partial charge in [-0.3, -0.25) is 9.88 Å². The van der Waals surface area contributed by atoms with E-state index in [1.165, 1.54) is 11.8 Å². The van der Waals surface area contributed by atoms with E-state index in [0.717, 1.165) is 29.2 Å². The predicted molar refractivity (Wildman–Crippen MR) is 220 cm³/mol. The molecule has 2 atom stereocenters. The summed E-state index contributed by atoms with van der Waals surface area (Å²) in [5, 5.41) is 2.66. The lowest BCUT2D eigenvalue weighted by Gasteiger charge is -2.42. The molecule has 2 unspecified atom stereocenters. The van der Waals surface area contributed by atoms with Crippen LogP contribution in [0.3, 0.4) is 0 Å². The molecule has 1 amide bonds. The van der Waals surface area contributed by atoms with E-state index in [2.05, 4.69) is 57.9 Å². The van der Waals surface area contributed by atoms with E-state index in [1.807, 2.05) is 62.3 Å². The van der Waals surface area contributed by atoms with Crippen LogP contribution in [0.2, 0.25) is 16.6 Å².